The number of nitrogens with zero attached hydrogens (tertiary/aromatic N) is 1. The number of aromatic nitrogens is 2. The molecule has 3 N–H and O–H groups in total. The van der Waals surface area contributed by atoms with Gasteiger partial charge in [-0.1, -0.05) is 32.9 Å². The summed E-state index contributed by atoms with van der Waals surface area (Å²) in [5, 5.41) is 13.1. The fourth-order valence-electron chi connectivity index (χ4n) is 3.14. The Morgan fingerprint density at radius 3 is 2.57 bits per heavy atom. The predicted octanol–water partition coefficient (Wildman–Crippen LogP) is 5.88. The Morgan fingerprint density at radius 1 is 1.10 bits per heavy atom. The third kappa shape index (κ3) is 5.52. The van der Waals surface area contributed by atoms with Gasteiger partial charge in [-0.2, -0.15) is 18.3 Å². The van der Waals surface area contributed by atoms with Crippen LogP contribution in [0.5, 0.6) is 0 Å². The zero-order valence-corrected chi connectivity index (χ0v) is 17.2. The molecular weight excluding hydrogens is 393 g/mol. The third-order valence-corrected chi connectivity index (χ3v) is 4.85. The lowest BCUT2D eigenvalue weighted by molar-refractivity contribution is -0.137. The van der Waals surface area contributed by atoms with Crippen LogP contribution in [-0.4, -0.2) is 16.2 Å². The summed E-state index contributed by atoms with van der Waals surface area (Å²) in [6.07, 6.45) is -1.55. The van der Waals surface area contributed by atoms with Gasteiger partial charge >= 0.3 is 12.2 Å². The molecule has 30 heavy (non-hydrogen) atoms. The summed E-state index contributed by atoms with van der Waals surface area (Å²) in [4.78, 5) is 12.4. The number of amides is 2. The average molecular weight is 418 g/mol. The Morgan fingerprint density at radius 2 is 1.87 bits per heavy atom. The van der Waals surface area contributed by atoms with Crippen molar-refractivity contribution >= 4 is 22.6 Å². The van der Waals surface area contributed by atoms with Crippen LogP contribution >= 0.6 is 0 Å². The number of H-pyrrole nitrogens is 1. The molecule has 0 fully saturated rings. The summed E-state index contributed by atoms with van der Waals surface area (Å²) in [7, 11) is 0. The Labute approximate surface area is 173 Å². The van der Waals surface area contributed by atoms with Crippen molar-refractivity contribution in [1.82, 2.24) is 15.5 Å². The summed E-state index contributed by atoms with van der Waals surface area (Å²) in [6.45, 7) is 6.26. The molecule has 0 aliphatic heterocycles. The molecule has 0 unspecified atom stereocenters. The molecule has 0 atom stereocenters. The largest absolute Gasteiger partial charge is 0.416 e. The minimum absolute atomic E-state index is 0.0143. The van der Waals surface area contributed by atoms with E-state index in [1.807, 2.05) is 26.8 Å². The highest BCUT2D eigenvalue weighted by molar-refractivity contribution is 6.00. The molecule has 1 aromatic heterocycles. The minimum Gasteiger partial charge on any atom is -0.334 e. The Hall–Kier alpha value is -3.03. The quantitative estimate of drug-likeness (QED) is 0.484. The number of carbonyl (C=O) groups is 1. The molecule has 0 aliphatic carbocycles. The van der Waals surface area contributed by atoms with E-state index in [1.165, 1.54) is 12.1 Å². The molecule has 0 aliphatic rings. The fraction of sp³-hybridized carbons (Fsp3) is 0.364. The number of urea groups is 1. The highest BCUT2D eigenvalue weighted by Gasteiger charge is 2.31. The van der Waals surface area contributed by atoms with Crippen molar-refractivity contribution < 1.29 is 18.0 Å². The second-order valence-corrected chi connectivity index (χ2v) is 8.49. The number of nitrogens with one attached hydrogen (secondary N) is 3. The van der Waals surface area contributed by atoms with Crippen LogP contribution in [0.15, 0.2) is 42.6 Å². The van der Waals surface area contributed by atoms with Crippen LogP contribution in [0.4, 0.5) is 23.7 Å². The number of hydrogen-bond acceptors (Lipinski definition) is 2. The van der Waals surface area contributed by atoms with E-state index in [-0.39, 0.29) is 12.0 Å². The van der Waals surface area contributed by atoms with E-state index in [2.05, 4.69) is 20.8 Å². The van der Waals surface area contributed by atoms with E-state index in [0.29, 0.717) is 23.2 Å². The van der Waals surface area contributed by atoms with Crippen molar-refractivity contribution in [2.24, 2.45) is 5.41 Å². The Bertz CT molecular complexity index is 1030. The SMILES string of the molecule is CC(C)(C)CCc1cc(C(F)(F)F)ccc1CNC(=O)Nc1cccc2[nH]ncc12. The third-order valence-electron chi connectivity index (χ3n) is 4.85. The number of hydrogen-bond donors (Lipinski definition) is 3. The van der Waals surface area contributed by atoms with Gasteiger partial charge in [0.15, 0.2) is 0 Å². The summed E-state index contributed by atoms with van der Waals surface area (Å²) in [5.74, 6) is 0. The van der Waals surface area contributed by atoms with Crippen molar-refractivity contribution in [3.63, 3.8) is 0 Å². The number of carbonyl (C=O) groups excluding carboxylic acids is 1. The van der Waals surface area contributed by atoms with Crippen molar-refractivity contribution in [1.29, 1.82) is 0 Å². The second kappa shape index (κ2) is 8.38. The van der Waals surface area contributed by atoms with Gasteiger partial charge in [0.25, 0.3) is 0 Å². The van der Waals surface area contributed by atoms with E-state index in [1.54, 1.807) is 18.3 Å². The predicted molar refractivity (Wildman–Crippen MR) is 111 cm³/mol. The second-order valence-electron chi connectivity index (χ2n) is 8.49. The lowest BCUT2D eigenvalue weighted by Crippen LogP contribution is -2.28. The minimum atomic E-state index is -4.40. The van der Waals surface area contributed by atoms with Gasteiger partial charge in [0.2, 0.25) is 0 Å². The molecule has 3 rings (SSSR count). The molecule has 0 spiro atoms. The van der Waals surface area contributed by atoms with E-state index in [4.69, 9.17) is 0 Å². The number of aromatic amines is 1. The molecule has 3 aromatic rings. The molecule has 5 nitrogen and oxygen atoms in total. The summed E-state index contributed by atoms with van der Waals surface area (Å²) >= 11 is 0. The standard InChI is InChI=1S/C22H25F3N4O/c1-21(2,3)10-9-14-11-16(22(23,24)25)8-7-15(14)12-26-20(30)28-18-5-4-6-19-17(18)13-27-29-19/h4-8,11,13H,9-10,12H2,1-3H3,(H,27,29)(H2,26,28,30). The van der Waals surface area contributed by atoms with Crippen LogP contribution < -0.4 is 10.6 Å². The maximum absolute atomic E-state index is 13.1. The van der Waals surface area contributed by atoms with Crippen molar-refractivity contribution in [3.8, 4) is 0 Å². The Balaban J connectivity index is 1.73. The first kappa shape index (κ1) is 21.7. The molecule has 1 heterocycles. The van der Waals surface area contributed by atoms with Crippen LogP contribution in [0.25, 0.3) is 10.9 Å². The monoisotopic (exact) mass is 418 g/mol. The number of benzene rings is 2. The van der Waals surface area contributed by atoms with E-state index < -0.39 is 17.8 Å². The number of alkyl halides is 3. The van der Waals surface area contributed by atoms with Gasteiger partial charge in [0.1, 0.15) is 0 Å². The topological polar surface area (TPSA) is 69.8 Å². The van der Waals surface area contributed by atoms with Crippen LogP contribution in [0.2, 0.25) is 0 Å². The van der Waals surface area contributed by atoms with Gasteiger partial charge < -0.3 is 10.6 Å². The molecular formula is C22H25F3N4O. The average Bonchev–Trinajstić information content (AvgIpc) is 3.13. The van der Waals surface area contributed by atoms with Gasteiger partial charge in [0.05, 0.1) is 23.0 Å². The van der Waals surface area contributed by atoms with Gasteiger partial charge in [-0.05, 0) is 53.6 Å². The van der Waals surface area contributed by atoms with E-state index in [0.717, 1.165) is 23.4 Å². The van der Waals surface area contributed by atoms with Crippen molar-refractivity contribution in [3.05, 3.63) is 59.3 Å². The number of fused-ring (bicyclic) bond motifs is 1. The Kier molecular flexibility index (Phi) is 6.05. The number of halogens is 3. The summed E-state index contributed by atoms with van der Waals surface area (Å²) in [5.41, 5.74) is 1.96. The molecule has 2 aromatic carbocycles. The van der Waals surface area contributed by atoms with Gasteiger partial charge in [0, 0.05) is 11.9 Å². The first-order chi connectivity index (χ1) is 14.0. The van der Waals surface area contributed by atoms with Crippen molar-refractivity contribution in [2.75, 3.05) is 5.32 Å². The molecule has 0 saturated carbocycles. The van der Waals surface area contributed by atoms with Crippen LogP contribution in [-0.2, 0) is 19.1 Å². The zero-order chi connectivity index (χ0) is 21.9. The number of aryl methyl sites for hydroxylation is 1. The molecule has 2 amide bonds. The van der Waals surface area contributed by atoms with Gasteiger partial charge in [-0.3, -0.25) is 5.10 Å². The lowest BCUT2D eigenvalue weighted by Gasteiger charge is -2.20. The molecule has 160 valence electrons. The van der Waals surface area contributed by atoms with Gasteiger partial charge in [-0.15, -0.1) is 0 Å². The zero-order valence-electron chi connectivity index (χ0n) is 17.2. The van der Waals surface area contributed by atoms with Gasteiger partial charge in [-0.25, -0.2) is 4.79 Å². The summed E-state index contributed by atoms with van der Waals surface area (Å²) < 4.78 is 39.4. The number of rotatable bonds is 5. The maximum atomic E-state index is 13.1. The highest BCUT2D eigenvalue weighted by atomic mass is 19.4. The lowest BCUT2D eigenvalue weighted by atomic mass is 9.87. The summed E-state index contributed by atoms with van der Waals surface area (Å²) in [6, 6.07) is 8.63. The highest BCUT2D eigenvalue weighted by Crippen LogP contribution is 2.32. The normalized spacial score (nSPS) is 12.2. The smallest absolute Gasteiger partial charge is 0.334 e. The van der Waals surface area contributed by atoms with Crippen LogP contribution in [0, 0.1) is 5.41 Å². The fourth-order valence-corrected chi connectivity index (χ4v) is 3.14. The molecule has 0 saturated heterocycles. The molecule has 0 radical (unpaired) electrons. The first-order valence-electron chi connectivity index (χ1n) is 9.69. The van der Waals surface area contributed by atoms with Crippen LogP contribution in [0.3, 0.4) is 0 Å². The maximum Gasteiger partial charge on any atom is 0.416 e. The molecule has 0 bridgehead atoms. The van der Waals surface area contributed by atoms with E-state index in [9.17, 15) is 18.0 Å². The van der Waals surface area contributed by atoms with E-state index >= 15 is 0 Å². The van der Waals surface area contributed by atoms with Crippen molar-refractivity contribution in [2.45, 2.75) is 46.3 Å². The van der Waals surface area contributed by atoms with Crippen LogP contribution in [0.1, 0.15) is 43.9 Å². The number of anilines is 1. The first-order valence-corrected chi connectivity index (χ1v) is 9.69. The molecule has 8 heteroatoms.